The summed E-state index contributed by atoms with van der Waals surface area (Å²) in [7, 11) is 1.24. The van der Waals surface area contributed by atoms with Crippen molar-refractivity contribution in [1.82, 2.24) is 0 Å². The van der Waals surface area contributed by atoms with E-state index in [0.29, 0.717) is 5.56 Å². The molecule has 0 N–H and O–H groups in total. The number of hydrogen-bond donors (Lipinski definition) is 0. The van der Waals surface area contributed by atoms with Crippen molar-refractivity contribution in [2.45, 2.75) is 38.2 Å². The number of benzene rings is 1. The lowest BCUT2D eigenvalue weighted by Gasteiger charge is -2.23. The maximum Gasteiger partial charge on any atom is 0.414 e. The average Bonchev–Trinajstić information content (AvgIpc) is 2.79. The Kier molecular flexibility index (Phi) is 4.65. The highest BCUT2D eigenvalue weighted by atomic mass is 19.4. The second kappa shape index (κ2) is 6.02. The van der Waals surface area contributed by atoms with E-state index >= 15 is 0 Å². The summed E-state index contributed by atoms with van der Waals surface area (Å²) < 4.78 is 76.0. The number of halogens is 5. The smallest absolute Gasteiger partial charge is 0.414 e. The molecule has 1 heterocycles. The molecule has 0 amide bonds. The first kappa shape index (κ1) is 17.0. The van der Waals surface area contributed by atoms with Crippen LogP contribution in [0, 0.1) is 11.7 Å². The van der Waals surface area contributed by atoms with Crippen LogP contribution in [0.3, 0.4) is 0 Å². The van der Waals surface area contributed by atoms with E-state index in [-0.39, 0.29) is 17.9 Å². The molecule has 22 heavy (non-hydrogen) atoms. The highest BCUT2D eigenvalue weighted by Gasteiger charge is 2.51. The molecule has 1 aromatic rings. The van der Waals surface area contributed by atoms with E-state index in [2.05, 4.69) is 0 Å². The Balaban J connectivity index is 2.44. The summed E-state index contributed by atoms with van der Waals surface area (Å²) in [4.78, 5) is 0. The van der Waals surface area contributed by atoms with Crippen molar-refractivity contribution in [2.75, 3.05) is 13.7 Å². The minimum Gasteiger partial charge on any atom is -0.496 e. The van der Waals surface area contributed by atoms with Crippen LogP contribution in [0.15, 0.2) is 12.1 Å². The molecule has 4 atom stereocenters. The van der Waals surface area contributed by atoms with Crippen molar-refractivity contribution < 1.29 is 31.4 Å². The van der Waals surface area contributed by atoms with Gasteiger partial charge in [-0.25, -0.2) is 8.78 Å². The fourth-order valence-electron chi connectivity index (χ4n) is 2.97. The number of ether oxygens (including phenoxy) is 2. The summed E-state index contributed by atoms with van der Waals surface area (Å²) in [6, 6.07) is 2.39. The van der Waals surface area contributed by atoms with Crippen LogP contribution < -0.4 is 4.74 Å². The van der Waals surface area contributed by atoms with Crippen molar-refractivity contribution in [3.63, 3.8) is 0 Å². The Bertz CT molecular complexity index is 541. The molecule has 2 nitrogen and oxygen atoms in total. The highest BCUT2D eigenvalue weighted by Crippen LogP contribution is 2.46. The SMILES string of the molecule is COc1c(C2COC(C(F)(F)F)C2C)ccc(F)c1C(C)F. The van der Waals surface area contributed by atoms with E-state index in [1.54, 1.807) is 0 Å². The van der Waals surface area contributed by atoms with Gasteiger partial charge in [0, 0.05) is 17.4 Å². The van der Waals surface area contributed by atoms with Crippen molar-refractivity contribution in [3.8, 4) is 5.75 Å². The van der Waals surface area contributed by atoms with Gasteiger partial charge in [-0.15, -0.1) is 0 Å². The van der Waals surface area contributed by atoms with Crippen LogP contribution in [0.1, 0.15) is 37.1 Å². The van der Waals surface area contributed by atoms with Crippen LogP contribution in [0.25, 0.3) is 0 Å². The molecular weight excluding hydrogens is 307 g/mol. The normalized spacial score (nSPS) is 27.0. The second-order valence-electron chi connectivity index (χ2n) is 5.46. The zero-order valence-electron chi connectivity index (χ0n) is 12.4. The molecule has 2 rings (SSSR count). The summed E-state index contributed by atoms with van der Waals surface area (Å²) in [5, 5.41) is 0. The van der Waals surface area contributed by atoms with Crippen molar-refractivity contribution in [2.24, 2.45) is 5.92 Å². The molecule has 1 saturated heterocycles. The molecule has 0 radical (unpaired) electrons. The fourth-order valence-corrected chi connectivity index (χ4v) is 2.97. The number of methoxy groups -OCH3 is 1. The minimum absolute atomic E-state index is 0.0433. The van der Waals surface area contributed by atoms with Gasteiger partial charge in [0.25, 0.3) is 0 Å². The maximum absolute atomic E-state index is 13.8. The van der Waals surface area contributed by atoms with Crippen LogP contribution >= 0.6 is 0 Å². The van der Waals surface area contributed by atoms with E-state index < -0.39 is 36.1 Å². The van der Waals surface area contributed by atoms with Gasteiger partial charge in [-0.1, -0.05) is 13.0 Å². The van der Waals surface area contributed by atoms with Crippen LogP contribution in [-0.2, 0) is 4.74 Å². The zero-order chi connectivity index (χ0) is 16.7. The van der Waals surface area contributed by atoms with Gasteiger partial charge >= 0.3 is 6.18 Å². The van der Waals surface area contributed by atoms with Crippen molar-refractivity contribution in [1.29, 1.82) is 0 Å². The third kappa shape index (κ3) is 2.91. The first-order valence-corrected chi connectivity index (χ1v) is 6.87. The lowest BCUT2D eigenvalue weighted by molar-refractivity contribution is -0.215. The Labute approximate surface area is 125 Å². The Morgan fingerprint density at radius 2 is 1.95 bits per heavy atom. The van der Waals surface area contributed by atoms with Gasteiger partial charge in [-0.3, -0.25) is 0 Å². The molecule has 0 bridgehead atoms. The van der Waals surface area contributed by atoms with Crippen LogP contribution in [-0.4, -0.2) is 26.0 Å². The molecule has 0 spiro atoms. The summed E-state index contributed by atoms with van der Waals surface area (Å²) >= 11 is 0. The molecule has 1 aliphatic heterocycles. The molecule has 1 fully saturated rings. The van der Waals surface area contributed by atoms with Gasteiger partial charge in [-0.05, 0) is 13.0 Å². The van der Waals surface area contributed by atoms with Crippen LogP contribution in [0.2, 0.25) is 0 Å². The number of rotatable bonds is 3. The number of hydrogen-bond acceptors (Lipinski definition) is 2. The largest absolute Gasteiger partial charge is 0.496 e. The molecule has 124 valence electrons. The molecular formula is C15H17F5O2. The molecule has 7 heteroatoms. The third-order valence-electron chi connectivity index (χ3n) is 4.06. The summed E-state index contributed by atoms with van der Waals surface area (Å²) in [6.45, 7) is 2.39. The van der Waals surface area contributed by atoms with Gasteiger partial charge in [0.15, 0.2) is 6.10 Å². The Morgan fingerprint density at radius 1 is 1.32 bits per heavy atom. The molecule has 0 aromatic heterocycles. The fraction of sp³-hybridized carbons (Fsp3) is 0.600. The van der Waals surface area contributed by atoms with E-state index in [9.17, 15) is 22.0 Å². The van der Waals surface area contributed by atoms with Gasteiger partial charge in [-0.2, -0.15) is 13.2 Å². The lowest BCUT2D eigenvalue weighted by atomic mass is 9.84. The summed E-state index contributed by atoms with van der Waals surface area (Å²) in [6.07, 6.45) is -8.00. The second-order valence-corrected chi connectivity index (χ2v) is 5.46. The van der Waals surface area contributed by atoms with Gasteiger partial charge in [0.1, 0.15) is 17.7 Å². The van der Waals surface area contributed by atoms with Crippen molar-refractivity contribution in [3.05, 3.63) is 29.1 Å². The van der Waals surface area contributed by atoms with Crippen molar-refractivity contribution >= 4 is 0 Å². The molecule has 1 aliphatic rings. The Hall–Kier alpha value is -1.37. The predicted octanol–water partition coefficient (Wildman–Crippen LogP) is 4.55. The topological polar surface area (TPSA) is 18.5 Å². The Morgan fingerprint density at radius 3 is 2.41 bits per heavy atom. The van der Waals surface area contributed by atoms with Gasteiger partial charge in [0.2, 0.25) is 0 Å². The third-order valence-corrected chi connectivity index (χ3v) is 4.06. The molecule has 1 aromatic carbocycles. The quantitative estimate of drug-likeness (QED) is 0.760. The van der Waals surface area contributed by atoms with Crippen LogP contribution in [0.4, 0.5) is 22.0 Å². The molecule has 0 aliphatic carbocycles. The zero-order valence-corrected chi connectivity index (χ0v) is 12.4. The number of alkyl halides is 4. The van der Waals surface area contributed by atoms with E-state index in [1.165, 1.54) is 20.1 Å². The van der Waals surface area contributed by atoms with Gasteiger partial charge in [0.05, 0.1) is 19.3 Å². The van der Waals surface area contributed by atoms with Crippen LogP contribution in [0.5, 0.6) is 5.75 Å². The highest BCUT2D eigenvalue weighted by molar-refractivity contribution is 5.46. The monoisotopic (exact) mass is 324 g/mol. The molecule has 4 unspecified atom stereocenters. The first-order chi connectivity index (χ1) is 10.2. The maximum atomic E-state index is 13.8. The van der Waals surface area contributed by atoms with E-state index in [1.807, 2.05) is 0 Å². The summed E-state index contributed by atoms with van der Waals surface area (Å²) in [5.74, 6) is -2.34. The average molecular weight is 324 g/mol. The first-order valence-electron chi connectivity index (χ1n) is 6.87. The minimum atomic E-state index is -4.47. The lowest BCUT2D eigenvalue weighted by Crippen LogP contribution is -2.33. The molecule has 0 saturated carbocycles. The summed E-state index contributed by atoms with van der Waals surface area (Å²) in [5.41, 5.74) is 0.0605. The standard InChI is InChI=1S/C15H17F5O2/c1-7-10(6-22-14(7)15(18,19)20)9-4-5-11(17)12(8(2)16)13(9)21-3/h4-5,7-8,10,14H,6H2,1-3H3. The van der Waals surface area contributed by atoms with Gasteiger partial charge < -0.3 is 9.47 Å². The van der Waals surface area contributed by atoms with E-state index in [0.717, 1.165) is 13.0 Å². The van der Waals surface area contributed by atoms with E-state index in [4.69, 9.17) is 9.47 Å². The predicted molar refractivity (Wildman–Crippen MR) is 70.2 cm³/mol.